The van der Waals surface area contributed by atoms with Gasteiger partial charge in [0.15, 0.2) is 0 Å². The Morgan fingerprint density at radius 3 is 1.96 bits per heavy atom. The first-order valence-electron chi connectivity index (χ1n) is 9.75. The Labute approximate surface area is 160 Å². The fraction of sp³-hybridized carbons (Fsp3) is 0.652. The maximum absolute atomic E-state index is 9.10. The molecule has 0 aromatic heterocycles. The van der Waals surface area contributed by atoms with Gasteiger partial charge in [0.1, 0.15) is 0 Å². The van der Waals surface area contributed by atoms with Crippen LogP contribution in [0.4, 0.5) is 0 Å². The van der Waals surface area contributed by atoms with Gasteiger partial charge in [0.05, 0.1) is 11.2 Å². The second-order valence-corrected chi connectivity index (χ2v) is 8.88. The summed E-state index contributed by atoms with van der Waals surface area (Å²) >= 11 is 0. The molecular formula is C23H39NO2. The van der Waals surface area contributed by atoms with E-state index in [9.17, 15) is 0 Å². The van der Waals surface area contributed by atoms with Gasteiger partial charge < -0.3 is 15.1 Å². The molecular weight excluding hydrogens is 322 g/mol. The van der Waals surface area contributed by atoms with E-state index < -0.39 is 11.2 Å². The molecule has 0 radical (unpaired) electrons. The molecule has 3 nitrogen and oxygen atoms in total. The van der Waals surface area contributed by atoms with E-state index in [-0.39, 0.29) is 0 Å². The molecule has 26 heavy (non-hydrogen) atoms. The lowest BCUT2D eigenvalue weighted by molar-refractivity contribution is -0.107. The summed E-state index contributed by atoms with van der Waals surface area (Å²) in [5.41, 5.74) is 2.42. The van der Waals surface area contributed by atoms with Crippen molar-refractivity contribution in [3.05, 3.63) is 47.0 Å². The highest BCUT2D eigenvalue weighted by Gasteiger charge is 2.31. The molecule has 1 aliphatic rings. The van der Waals surface area contributed by atoms with Crippen molar-refractivity contribution in [1.29, 1.82) is 0 Å². The van der Waals surface area contributed by atoms with E-state index in [1.165, 1.54) is 36.8 Å². The molecule has 0 spiro atoms. The minimum Gasteiger partial charge on any atom is -0.387 e. The largest absolute Gasteiger partial charge is 0.387 e. The van der Waals surface area contributed by atoms with Crippen LogP contribution in [0.2, 0.25) is 0 Å². The van der Waals surface area contributed by atoms with Crippen molar-refractivity contribution in [3.8, 4) is 0 Å². The van der Waals surface area contributed by atoms with Gasteiger partial charge in [-0.15, -0.1) is 0 Å². The Hall–Kier alpha value is -1.16. The fourth-order valence-corrected chi connectivity index (χ4v) is 2.72. The maximum Gasteiger partial charge on any atom is 0.0872 e. The zero-order valence-electron chi connectivity index (χ0n) is 17.8. The molecule has 1 unspecified atom stereocenters. The quantitative estimate of drug-likeness (QED) is 0.776. The number of hydrogen-bond donors (Lipinski definition) is 2. The Bertz CT molecular complexity index is 547. The highest BCUT2D eigenvalue weighted by Crippen LogP contribution is 2.23. The molecule has 0 saturated heterocycles. The zero-order chi connectivity index (χ0) is 20.0. The Morgan fingerprint density at radius 1 is 0.962 bits per heavy atom. The first-order valence-corrected chi connectivity index (χ1v) is 9.75. The lowest BCUT2D eigenvalue weighted by Gasteiger charge is -2.31. The number of nitrogens with zero attached hydrogens (tertiary/aromatic N) is 1. The van der Waals surface area contributed by atoms with Crippen molar-refractivity contribution in [3.63, 3.8) is 0 Å². The number of rotatable bonds is 4. The maximum atomic E-state index is 9.10. The average molecular weight is 362 g/mol. The summed E-state index contributed by atoms with van der Waals surface area (Å²) in [7, 11) is 4.41. The normalized spacial score (nSPS) is 18.7. The van der Waals surface area contributed by atoms with Crippen LogP contribution >= 0.6 is 0 Å². The van der Waals surface area contributed by atoms with Crippen molar-refractivity contribution in [2.45, 2.75) is 84.0 Å². The Balaban J connectivity index is 0.000000359. The van der Waals surface area contributed by atoms with Crippen LogP contribution < -0.4 is 0 Å². The van der Waals surface area contributed by atoms with Gasteiger partial charge >= 0.3 is 0 Å². The number of aryl methyl sites for hydroxylation is 1. The highest BCUT2D eigenvalue weighted by molar-refractivity contribution is 5.26. The lowest BCUT2D eigenvalue weighted by Crippen LogP contribution is -2.44. The first kappa shape index (κ1) is 22.9. The second kappa shape index (κ2) is 9.68. The standard InChI is InChI=1S/C17H25N.C6H14O2/c1-14-7-9-16(10-8-14)13-15-5-4-6-17(12-11-15)18(2)3;1-5(2,7)6(3,4)8/h5,7-10,17H,4,6,11-13H2,1-3H3;7-8H,1-4H3. The van der Waals surface area contributed by atoms with Crippen LogP contribution in [0.25, 0.3) is 0 Å². The van der Waals surface area contributed by atoms with E-state index >= 15 is 0 Å². The topological polar surface area (TPSA) is 43.7 Å². The summed E-state index contributed by atoms with van der Waals surface area (Å²) in [5, 5.41) is 18.2. The predicted octanol–water partition coefficient (Wildman–Crippen LogP) is 4.50. The van der Waals surface area contributed by atoms with E-state index in [2.05, 4.69) is 56.3 Å². The van der Waals surface area contributed by atoms with E-state index in [0.29, 0.717) is 0 Å². The molecule has 3 heteroatoms. The average Bonchev–Trinajstić information content (AvgIpc) is 2.74. The van der Waals surface area contributed by atoms with Crippen molar-refractivity contribution >= 4 is 0 Å². The third kappa shape index (κ3) is 8.03. The number of hydrogen-bond acceptors (Lipinski definition) is 3. The van der Waals surface area contributed by atoms with Gasteiger partial charge in [-0.3, -0.25) is 0 Å². The first-order chi connectivity index (χ1) is 11.9. The Kier molecular flexibility index (Phi) is 8.52. The van der Waals surface area contributed by atoms with Gasteiger partial charge in [-0.1, -0.05) is 41.5 Å². The summed E-state index contributed by atoms with van der Waals surface area (Å²) in [4.78, 5) is 2.38. The van der Waals surface area contributed by atoms with Crippen LogP contribution in [-0.4, -0.2) is 46.5 Å². The van der Waals surface area contributed by atoms with E-state index in [4.69, 9.17) is 10.2 Å². The number of allylic oxidation sites excluding steroid dienone is 2. The van der Waals surface area contributed by atoms with E-state index in [1.54, 1.807) is 33.3 Å². The lowest BCUT2D eigenvalue weighted by atomic mass is 9.90. The Morgan fingerprint density at radius 2 is 1.50 bits per heavy atom. The summed E-state index contributed by atoms with van der Waals surface area (Å²) in [6.45, 7) is 8.45. The SMILES string of the molecule is CC(C)(O)C(C)(C)O.Cc1ccc(CC2=CCCC(N(C)C)CC2)cc1. The number of benzene rings is 1. The van der Waals surface area contributed by atoms with Crippen molar-refractivity contribution < 1.29 is 10.2 Å². The molecule has 0 heterocycles. The van der Waals surface area contributed by atoms with Crippen molar-refractivity contribution in [2.75, 3.05) is 14.1 Å². The highest BCUT2D eigenvalue weighted by atomic mass is 16.3. The molecule has 0 fully saturated rings. The van der Waals surface area contributed by atoms with Crippen LogP contribution in [0, 0.1) is 6.92 Å². The van der Waals surface area contributed by atoms with Gasteiger partial charge in [-0.05, 0) is 86.4 Å². The zero-order valence-corrected chi connectivity index (χ0v) is 17.8. The molecule has 2 N–H and O–H groups in total. The van der Waals surface area contributed by atoms with Crippen molar-refractivity contribution in [1.82, 2.24) is 4.90 Å². The summed E-state index contributed by atoms with van der Waals surface area (Å²) in [6.07, 6.45) is 8.74. The minimum absolute atomic E-state index is 0.761. The van der Waals surface area contributed by atoms with Gasteiger partial charge in [-0.25, -0.2) is 0 Å². The molecule has 0 amide bonds. The van der Waals surface area contributed by atoms with Gasteiger partial charge in [0.2, 0.25) is 0 Å². The van der Waals surface area contributed by atoms with Crippen LogP contribution in [0.3, 0.4) is 0 Å². The van der Waals surface area contributed by atoms with Crippen LogP contribution in [0.15, 0.2) is 35.9 Å². The molecule has 1 aromatic carbocycles. The molecule has 1 aromatic rings. The van der Waals surface area contributed by atoms with E-state index in [0.717, 1.165) is 12.5 Å². The summed E-state index contributed by atoms with van der Waals surface area (Å²) in [6, 6.07) is 9.73. The van der Waals surface area contributed by atoms with Crippen LogP contribution in [-0.2, 0) is 6.42 Å². The molecule has 2 rings (SSSR count). The fourth-order valence-electron chi connectivity index (χ4n) is 2.72. The smallest absolute Gasteiger partial charge is 0.0872 e. The monoisotopic (exact) mass is 361 g/mol. The molecule has 0 saturated carbocycles. The molecule has 148 valence electrons. The summed E-state index contributed by atoms with van der Waals surface area (Å²) in [5.74, 6) is 0. The predicted molar refractivity (Wildman–Crippen MR) is 112 cm³/mol. The molecule has 1 atom stereocenters. The van der Waals surface area contributed by atoms with Gasteiger partial charge in [-0.2, -0.15) is 0 Å². The van der Waals surface area contributed by atoms with E-state index in [1.807, 2.05) is 0 Å². The summed E-state index contributed by atoms with van der Waals surface area (Å²) < 4.78 is 0. The van der Waals surface area contributed by atoms with Crippen LogP contribution in [0.1, 0.15) is 64.5 Å². The number of aliphatic hydroxyl groups is 2. The van der Waals surface area contributed by atoms with Gasteiger partial charge in [0.25, 0.3) is 0 Å². The molecule has 0 bridgehead atoms. The third-order valence-electron chi connectivity index (χ3n) is 5.51. The second-order valence-electron chi connectivity index (χ2n) is 8.88. The molecule has 1 aliphatic carbocycles. The minimum atomic E-state index is -1.01. The van der Waals surface area contributed by atoms with Crippen LogP contribution in [0.5, 0.6) is 0 Å². The van der Waals surface area contributed by atoms with Gasteiger partial charge in [0, 0.05) is 6.04 Å². The van der Waals surface area contributed by atoms with Crippen molar-refractivity contribution in [2.24, 2.45) is 0 Å². The third-order valence-corrected chi connectivity index (χ3v) is 5.51. The molecule has 0 aliphatic heterocycles.